The topological polar surface area (TPSA) is 12.0 Å². The van der Waals surface area contributed by atoms with E-state index in [1.165, 1.54) is 17.7 Å². The van der Waals surface area contributed by atoms with E-state index in [0.717, 1.165) is 18.4 Å². The highest BCUT2D eigenvalue weighted by atomic mass is 19.1. The largest absolute Gasteiger partial charge is 0.313 e. The molecule has 0 saturated heterocycles. The number of hydrogen-bond acceptors (Lipinski definition) is 1. The Labute approximate surface area is 108 Å². The molecule has 0 aliphatic rings. The van der Waals surface area contributed by atoms with Crippen molar-refractivity contribution in [3.8, 4) is 0 Å². The van der Waals surface area contributed by atoms with Crippen LogP contribution in [0.1, 0.15) is 23.6 Å². The van der Waals surface area contributed by atoms with Crippen LogP contribution < -0.4 is 5.32 Å². The fourth-order valence-electron chi connectivity index (χ4n) is 2.13. The van der Waals surface area contributed by atoms with Gasteiger partial charge in [0.1, 0.15) is 5.82 Å². The first-order valence-corrected chi connectivity index (χ1v) is 6.26. The van der Waals surface area contributed by atoms with Gasteiger partial charge in [0.15, 0.2) is 0 Å². The third-order valence-electron chi connectivity index (χ3n) is 3.19. The highest BCUT2D eigenvalue weighted by molar-refractivity contribution is 5.21. The van der Waals surface area contributed by atoms with Crippen LogP contribution in [-0.4, -0.2) is 7.05 Å². The van der Waals surface area contributed by atoms with Gasteiger partial charge in [-0.15, -0.1) is 0 Å². The van der Waals surface area contributed by atoms with Gasteiger partial charge in [0, 0.05) is 6.04 Å². The van der Waals surface area contributed by atoms with Gasteiger partial charge in [0.05, 0.1) is 0 Å². The van der Waals surface area contributed by atoms with E-state index in [9.17, 15) is 4.39 Å². The minimum absolute atomic E-state index is 0.184. The van der Waals surface area contributed by atoms with Crippen LogP contribution >= 0.6 is 0 Å². The third-order valence-corrected chi connectivity index (χ3v) is 3.19. The maximum atomic E-state index is 12.9. The van der Waals surface area contributed by atoms with Gasteiger partial charge < -0.3 is 5.32 Å². The molecule has 2 rings (SSSR count). The Kier molecular flexibility index (Phi) is 4.48. The van der Waals surface area contributed by atoms with E-state index in [1.807, 2.05) is 25.2 Å². The molecule has 0 bridgehead atoms. The van der Waals surface area contributed by atoms with Crippen molar-refractivity contribution in [3.05, 3.63) is 71.5 Å². The van der Waals surface area contributed by atoms with E-state index in [0.29, 0.717) is 0 Å². The lowest BCUT2D eigenvalue weighted by Gasteiger charge is -2.16. The molecule has 0 aromatic heterocycles. The molecule has 1 N–H and O–H groups in total. The van der Waals surface area contributed by atoms with Crippen molar-refractivity contribution < 1.29 is 4.39 Å². The average Bonchev–Trinajstić information content (AvgIpc) is 2.42. The fraction of sp³-hybridized carbons (Fsp3) is 0.250. The number of hydrogen-bond donors (Lipinski definition) is 1. The van der Waals surface area contributed by atoms with Crippen molar-refractivity contribution >= 4 is 0 Å². The summed E-state index contributed by atoms with van der Waals surface area (Å²) in [4.78, 5) is 0. The molecule has 1 unspecified atom stereocenters. The molecule has 18 heavy (non-hydrogen) atoms. The summed E-state index contributed by atoms with van der Waals surface area (Å²) in [5.41, 5.74) is 2.47. The zero-order chi connectivity index (χ0) is 12.8. The lowest BCUT2D eigenvalue weighted by Crippen LogP contribution is -2.17. The molecule has 94 valence electrons. The van der Waals surface area contributed by atoms with E-state index in [2.05, 4.69) is 29.6 Å². The van der Waals surface area contributed by atoms with Crippen LogP contribution in [0, 0.1) is 5.82 Å². The second-order valence-corrected chi connectivity index (χ2v) is 4.42. The van der Waals surface area contributed by atoms with E-state index >= 15 is 0 Å². The summed E-state index contributed by atoms with van der Waals surface area (Å²) < 4.78 is 12.9. The van der Waals surface area contributed by atoms with Gasteiger partial charge in [-0.3, -0.25) is 0 Å². The molecule has 2 heteroatoms. The number of benzene rings is 2. The predicted molar refractivity (Wildman–Crippen MR) is 73.0 cm³/mol. The highest BCUT2D eigenvalue weighted by Crippen LogP contribution is 2.19. The van der Waals surface area contributed by atoms with Crippen molar-refractivity contribution in [1.29, 1.82) is 0 Å². The van der Waals surface area contributed by atoms with Crippen molar-refractivity contribution in [1.82, 2.24) is 5.32 Å². The predicted octanol–water partition coefficient (Wildman–Crippen LogP) is 3.72. The van der Waals surface area contributed by atoms with Crippen LogP contribution in [0.3, 0.4) is 0 Å². The first kappa shape index (κ1) is 12.8. The van der Waals surface area contributed by atoms with Gasteiger partial charge >= 0.3 is 0 Å². The first-order chi connectivity index (χ1) is 8.79. The Morgan fingerprint density at radius 2 is 1.67 bits per heavy atom. The van der Waals surface area contributed by atoms with Crippen molar-refractivity contribution in [2.75, 3.05) is 7.05 Å². The Hall–Kier alpha value is -1.67. The fourth-order valence-corrected chi connectivity index (χ4v) is 2.13. The van der Waals surface area contributed by atoms with Gasteiger partial charge in [-0.1, -0.05) is 42.5 Å². The van der Waals surface area contributed by atoms with Crippen LogP contribution in [0.5, 0.6) is 0 Å². The Balaban J connectivity index is 1.99. The standard InChI is InChI=1S/C16H18FN/c1-18-16(14-8-10-15(17)11-9-14)12-7-13-5-3-2-4-6-13/h2-6,8-11,16,18H,7,12H2,1H3. The molecule has 0 saturated carbocycles. The lowest BCUT2D eigenvalue weighted by molar-refractivity contribution is 0.547. The van der Waals surface area contributed by atoms with Crippen LogP contribution in [0.4, 0.5) is 4.39 Å². The monoisotopic (exact) mass is 243 g/mol. The summed E-state index contributed by atoms with van der Waals surface area (Å²) >= 11 is 0. The zero-order valence-corrected chi connectivity index (χ0v) is 10.6. The van der Waals surface area contributed by atoms with Crippen molar-refractivity contribution in [3.63, 3.8) is 0 Å². The number of nitrogens with one attached hydrogen (secondary N) is 1. The minimum Gasteiger partial charge on any atom is -0.313 e. The summed E-state index contributed by atoms with van der Waals surface area (Å²) in [6.45, 7) is 0. The van der Waals surface area contributed by atoms with E-state index < -0.39 is 0 Å². The van der Waals surface area contributed by atoms with Gasteiger partial charge in [-0.05, 0) is 43.1 Å². The summed E-state index contributed by atoms with van der Waals surface area (Å²) in [6, 6.07) is 17.4. The second-order valence-electron chi connectivity index (χ2n) is 4.42. The van der Waals surface area contributed by atoms with E-state index in [1.54, 1.807) is 0 Å². The molecule has 0 amide bonds. The number of halogens is 1. The molecule has 0 heterocycles. The Morgan fingerprint density at radius 1 is 1.00 bits per heavy atom. The molecule has 1 nitrogen and oxygen atoms in total. The molecule has 2 aromatic rings. The van der Waals surface area contributed by atoms with Gasteiger partial charge in [-0.25, -0.2) is 4.39 Å². The maximum absolute atomic E-state index is 12.9. The molecule has 0 radical (unpaired) electrons. The summed E-state index contributed by atoms with van der Waals surface area (Å²) in [5, 5.41) is 3.29. The number of aryl methyl sites for hydroxylation is 1. The second kappa shape index (κ2) is 6.31. The molecule has 0 aliphatic heterocycles. The molecular formula is C16H18FN. The smallest absolute Gasteiger partial charge is 0.123 e. The van der Waals surface area contributed by atoms with Gasteiger partial charge in [0.25, 0.3) is 0 Å². The maximum Gasteiger partial charge on any atom is 0.123 e. The molecule has 1 atom stereocenters. The van der Waals surface area contributed by atoms with Crippen molar-refractivity contribution in [2.24, 2.45) is 0 Å². The van der Waals surface area contributed by atoms with E-state index in [-0.39, 0.29) is 11.9 Å². The summed E-state index contributed by atoms with van der Waals surface area (Å²) in [5.74, 6) is -0.184. The summed E-state index contributed by atoms with van der Waals surface area (Å²) in [6.07, 6.45) is 2.02. The molecule has 0 spiro atoms. The van der Waals surface area contributed by atoms with Crippen LogP contribution in [0.15, 0.2) is 54.6 Å². The first-order valence-electron chi connectivity index (χ1n) is 6.26. The molecule has 0 fully saturated rings. The van der Waals surface area contributed by atoms with Gasteiger partial charge in [0.2, 0.25) is 0 Å². The highest BCUT2D eigenvalue weighted by Gasteiger charge is 2.09. The van der Waals surface area contributed by atoms with Gasteiger partial charge in [-0.2, -0.15) is 0 Å². The van der Waals surface area contributed by atoms with E-state index in [4.69, 9.17) is 0 Å². The average molecular weight is 243 g/mol. The zero-order valence-electron chi connectivity index (χ0n) is 10.6. The molecular weight excluding hydrogens is 225 g/mol. The van der Waals surface area contributed by atoms with Crippen LogP contribution in [-0.2, 0) is 6.42 Å². The quantitative estimate of drug-likeness (QED) is 0.844. The molecule has 0 aliphatic carbocycles. The minimum atomic E-state index is -0.184. The SMILES string of the molecule is CNC(CCc1ccccc1)c1ccc(F)cc1. The Bertz CT molecular complexity index is 464. The summed E-state index contributed by atoms with van der Waals surface area (Å²) in [7, 11) is 1.94. The van der Waals surface area contributed by atoms with Crippen LogP contribution in [0.25, 0.3) is 0 Å². The lowest BCUT2D eigenvalue weighted by atomic mass is 9.99. The van der Waals surface area contributed by atoms with Crippen LogP contribution in [0.2, 0.25) is 0 Å². The molecule has 2 aromatic carbocycles. The third kappa shape index (κ3) is 3.41. The Morgan fingerprint density at radius 3 is 2.28 bits per heavy atom. The number of rotatable bonds is 5. The normalized spacial score (nSPS) is 12.3. The van der Waals surface area contributed by atoms with Crippen molar-refractivity contribution in [2.45, 2.75) is 18.9 Å².